The fourth-order valence-electron chi connectivity index (χ4n) is 2.16. The van der Waals surface area contributed by atoms with Crippen LogP contribution < -0.4 is 5.32 Å². The lowest BCUT2D eigenvalue weighted by Crippen LogP contribution is -2.29. The molecule has 0 atom stereocenters. The summed E-state index contributed by atoms with van der Waals surface area (Å²) in [4.78, 5) is 11.5. The number of unbranched alkanes of at least 4 members (excludes halogenated alkanes) is 2. The first-order valence-corrected chi connectivity index (χ1v) is 8.85. The summed E-state index contributed by atoms with van der Waals surface area (Å²) >= 11 is 0. The molecule has 7 nitrogen and oxygen atoms in total. The van der Waals surface area contributed by atoms with E-state index in [4.69, 9.17) is 9.47 Å². The molecule has 0 fully saturated rings. The highest BCUT2D eigenvalue weighted by atomic mass is 16.5. The van der Waals surface area contributed by atoms with Crippen molar-refractivity contribution in [1.82, 2.24) is 20.3 Å². The zero-order chi connectivity index (χ0) is 17.8. The monoisotopic (exact) mass is 340 g/mol. The largest absolute Gasteiger partial charge is 0.376 e. The molecule has 24 heavy (non-hydrogen) atoms. The zero-order valence-electron chi connectivity index (χ0n) is 15.5. The van der Waals surface area contributed by atoms with E-state index in [1.54, 1.807) is 0 Å². The minimum absolute atomic E-state index is 0.131. The molecule has 0 aliphatic carbocycles. The summed E-state index contributed by atoms with van der Waals surface area (Å²) in [7, 11) is 0. The summed E-state index contributed by atoms with van der Waals surface area (Å²) in [5, 5.41) is 11.1. The van der Waals surface area contributed by atoms with Gasteiger partial charge in [0.15, 0.2) is 0 Å². The molecule has 0 bridgehead atoms. The Morgan fingerprint density at radius 2 is 2.00 bits per heavy atom. The van der Waals surface area contributed by atoms with E-state index < -0.39 is 0 Å². The number of aryl methyl sites for hydroxylation is 1. The quantitative estimate of drug-likeness (QED) is 0.558. The van der Waals surface area contributed by atoms with Crippen molar-refractivity contribution < 1.29 is 14.3 Å². The smallest absolute Gasteiger partial charge is 0.220 e. The molecule has 1 N–H and O–H groups in total. The molecular formula is C17H32N4O3. The number of nitrogens with one attached hydrogen (secondary N) is 1. The van der Waals surface area contributed by atoms with Crippen LogP contribution in [0.1, 0.15) is 59.1 Å². The normalized spacial score (nSPS) is 11.4. The van der Waals surface area contributed by atoms with Crippen LogP contribution in [0, 0.1) is 0 Å². The fourth-order valence-corrected chi connectivity index (χ4v) is 2.16. The molecule has 0 aliphatic heterocycles. The van der Waals surface area contributed by atoms with Crippen molar-refractivity contribution in [2.24, 2.45) is 0 Å². The maximum atomic E-state index is 11.5. The van der Waals surface area contributed by atoms with Crippen LogP contribution in [-0.4, -0.2) is 46.3 Å². The highest BCUT2D eigenvalue weighted by Crippen LogP contribution is 2.03. The zero-order valence-corrected chi connectivity index (χ0v) is 15.5. The molecule has 1 aromatic heterocycles. The van der Waals surface area contributed by atoms with Crippen LogP contribution in [0.3, 0.4) is 0 Å². The minimum Gasteiger partial charge on any atom is -0.376 e. The molecule has 7 heteroatoms. The number of ether oxygens (including phenoxy) is 2. The van der Waals surface area contributed by atoms with Gasteiger partial charge < -0.3 is 14.8 Å². The molecule has 0 saturated heterocycles. The Labute approximate surface area is 145 Å². The first-order valence-electron chi connectivity index (χ1n) is 8.85. The van der Waals surface area contributed by atoms with Crippen LogP contribution in [0.4, 0.5) is 0 Å². The molecule has 0 radical (unpaired) electrons. The molecule has 0 spiro atoms. The number of rotatable bonds is 13. The van der Waals surface area contributed by atoms with Gasteiger partial charge in [0.2, 0.25) is 5.91 Å². The number of carbonyl (C=O) groups is 1. The predicted molar refractivity (Wildman–Crippen MR) is 92.5 cm³/mol. The molecule has 1 amide bonds. The fraction of sp³-hybridized carbons (Fsp3) is 0.824. The van der Waals surface area contributed by atoms with E-state index in [1.165, 1.54) is 0 Å². The van der Waals surface area contributed by atoms with Crippen molar-refractivity contribution in [1.29, 1.82) is 0 Å². The van der Waals surface area contributed by atoms with Gasteiger partial charge in [-0.25, -0.2) is 0 Å². The Kier molecular flexibility index (Phi) is 10.3. The van der Waals surface area contributed by atoms with Crippen molar-refractivity contribution in [3.05, 3.63) is 11.9 Å². The average Bonchev–Trinajstić information content (AvgIpc) is 2.93. The van der Waals surface area contributed by atoms with E-state index in [1.807, 2.05) is 38.6 Å². The van der Waals surface area contributed by atoms with Crippen molar-refractivity contribution in [2.75, 3.05) is 13.2 Å². The van der Waals surface area contributed by atoms with Gasteiger partial charge in [0.25, 0.3) is 0 Å². The van der Waals surface area contributed by atoms with Crippen molar-refractivity contribution >= 4 is 5.91 Å². The SMILES string of the molecule is CC(C)NC(=O)CCCCCn1cc(COCCOC(C)C)nn1. The number of amides is 1. The highest BCUT2D eigenvalue weighted by molar-refractivity contribution is 5.76. The second-order valence-electron chi connectivity index (χ2n) is 6.48. The molecular weight excluding hydrogens is 308 g/mol. The Balaban J connectivity index is 2.06. The Morgan fingerprint density at radius 1 is 1.21 bits per heavy atom. The molecule has 0 saturated carbocycles. The van der Waals surface area contributed by atoms with Crippen LogP contribution in [0.25, 0.3) is 0 Å². The van der Waals surface area contributed by atoms with Gasteiger partial charge in [-0.2, -0.15) is 0 Å². The summed E-state index contributed by atoms with van der Waals surface area (Å²) in [6.07, 6.45) is 5.62. The van der Waals surface area contributed by atoms with Crippen molar-refractivity contribution in [3.8, 4) is 0 Å². The predicted octanol–water partition coefficient (Wildman–Crippen LogP) is 2.30. The summed E-state index contributed by atoms with van der Waals surface area (Å²) < 4.78 is 12.7. The maximum Gasteiger partial charge on any atom is 0.220 e. The molecule has 0 unspecified atom stereocenters. The lowest BCUT2D eigenvalue weighted by atomic mass is 10.2. The minimum atomic E-state index is 0.131. The number of aromatic nitrogens is 3. The molecule has 1 rings (SSSR count). The van der Waals surface area contributed by atoms with E-state index in [2.05, 4.69) is 15.6 Å². The lowest BCUT2D eigenvalue weighted by Gasteiger charge is -2.07. The van der Waals surface area contributed by atoms with Gasteiger partial charge >= 0.3 is 0 Å². The highest BCUT2D eigenvalue weighted by Gasteiger charge is 2.04. The van der Waals surface area contributed by atoms with Gasteiger partial charge in [0.1, 0.15) is 5.69 Å². The molecule has 0 aromatic carbocycles. The molecule has 138 valence electrons. The van der Waals surface area contributed by atoms with Crippen LogP contribution in [0.15, 0.2) is 6.20 Å². The third-order valence-electron chi connectivity index (χ3n) is 3.26. The van der Waals surface area contributed by atoms with Gasteiger partial charge in [-0.1, -0.05) is 11.6 Å². The van der Waals surface area contributed by atoms with E-state index in [9.17, 15) is 4.79 Å². The number of nitrogens with zero attached hydrogens (tertiary/aromatic N) is 3. The molecule has 1 heterocycles. The van der Waals surface area contributed by atoms with E-state index >= 15 is 0 Å². The van der Waals surface area contributed by atoms with Crippen LogP contribution in [0.5, 0.6) is 0 Å². The standard InChI is InChI=1S/C17H32N4O3/c1-14(2)18-17(22)8-6-5-7-9-21-12-16(19-20-21)13-23-10-11-24-15(3)4/h12,14-15H,5-11,13H2,1-4H3,(H,18,22). The third kappa shape index (κ3) is 10.3. The maximum absolute atomic E-state index is 11.5. The summed E-state index contributed by atoms with van der Waals surface area (Å²) in [6, 6.07) is 0.213. The van der Waals surface area contributed by atoms with Crippen LogP contribution in [-0.2, 0) is 27.4 Å². The van der Waals surface area contributed by atoms with Gasteiger partial charge in [-0.05, 0) is 40.5 Å². The second kappa shape index (κ2) is 12.0. The number of hydrogen-bond donors (Lipinski definition) is 1. The average molecular weight is 340 g/mol. The van der Waals surface area contributed by atoms with Gasteiger partial charge in [-0.3, -0.25) is 9.48 Å². The van der Waals surface area contributed by atoms with E-state index in [0.717, 1.165) is 31.5 Å². The first kappa shape index (κ1) is 20.6. The molecule has 1 aromatic rings. The molecule has 0 aliphatic rings. The Bertz CT molecular complexity index is 460. The van der Waals surface area contributed by atoms with Gasteiger partial charge in [0.05, 0.1) is 32.1 Å². The topological polar surface area (TPSA) is 78.3 Å². The summed E-state index contributed by atoms with van der Waals surface area (Å²) in [5.41, 5.74) is 0.829. The number of hydrogen-bond acceptors (Lipinski definition) is 5. The van der Waals surface area contributed by atoms with Crippen molar-refractivity contribution in [2.45, 2.75) is 78.7 Å². The van der Waals surface area contributed by atoms with Gasteiger partial charge in [0, 0.05) is 19.0 Å². The second-order valence-corrected chi connectivity index (χ2v) is 6.48. The summed E-state index contributed by atoms with van der Waals surface area (Å²) in [5.74, 6) is 0.131. The van der Waals surface area contributed by atoms with E-state index in [-0.39, 0.29) is 18.1 Å². The Hall–Kier alpha value is -1.47. The lowest BCUT2D eigenvalue weighted by molar-refractivity contribution is -0.121. The van der Waals surface area contributed by atoms with E-state index in [0.29, 0.717) is 26.2 Å². The van der Waals surface area contributed by atoms with Crippen molar-refractivity contribution in [3.63, 3.8) is 0 Å². The van der Waals surface area contributed by atoms with Gasteiger partial charge in [-0.15, -0.1) is 5.10 Å². The third-order valence-corrected chi connectivity index (χ3v) is 3.26. The number of carbonyl (C=O) groups excluding carboxylic acids is 1. The Morgan fingerprint density at radius 3 is 2.71 bits per heavy atom. The summed E-state index contributed by atoms with van der Waals surface area (Å²) in [6.45, 7) is 10.4. The van der Waals surface area contributed by atoms with Crippen LogP contribution >= 0.6 is 0 Å². The first-order chi connectivity index (χ1) is 11.5. The van der Waals surface area contributed by atoms with Crippen LogP contribution in [0.2, 0.25) is 0 Å².